The summed E-state index contributed by atoms with van der Waals surface area (Å²) in [6, 6.07) is 16.3. The van der Waals surface area contributed by atoms with Crippen molar-refractivity contribution in [2.24, 2.45) is 10.7 Å². The van der Waals surface area contributed by atoms with E-state index in [-0.39, 0.29) is 11.5 Å². The molecule has 0 radical (unpaired) electrons. The first kappa shape index (κ1) is 16.3. The van der Waals surface area contributed by atoms with Crippen LogP contribution in [0.3, 0.4) is 0 Å². The van der Waals surface area contributed by atoms with Crippen molar-refractivity contribution in [3.05, 3.63) is 64.7 Å². The average molecular weight is 356 g/mol. The molecule has 130 valence electrons. The van der Waals surface area contributed by atoms with Gasteiger partial charge in [0.05, 0.1) is 19.2 Å². The molecule has 1 aliphatic heterocycles. The molecule has 0 aromatic heterocycles. The molecule has 1 unspecified atom stereocenters. The number of ether oxygens (including phenoxy) is 1. The third-order valence-electron chi connectivity index (χ3n) is 5.14. The Balaban J connectivity index is 1.44. The summed E-state index contributed by atoms with van der Waals surface area (Å²) >= 11 is 5.99. The maximum Gasteiger partial charge on any atom is 0.189 e. The fraction of sp³-hybridized carbons (Fsp3) is 0.350. The van der Waals surface area contributed by atoms with Gasteiger partial charge in [0.2, 0.25) is 0 Å². The summed E-state index contributed by atoms with van der Waals surface area (Å²) in [6.45, 7) is 1.40. The van der Waals surface area contributed by atoms with Crippen LogP contribution in [0.25, 0.3) is 0 Å². The van der Waals surface area contributed by atoms with Gasteiger partial charge in [-0.05, 0) is 36.6 Å². The van der Waals surface area contributed by atoms with Crippen LogP contribution in [0, 0.1) is 0 Å². The van der Waals surface area contributed by atoms with E-state index in [4.69, 9.17) is 22.1 Å². The predicted molar refractivity (Wildman–Crippen MR) is 101 cm³/mol. The van der Waals surface area contributed by atoms with Crippen molar-refractivity contribution in [1.82, 2.24) is 5.32 Å². The average Bonchev–Trinajstić information content (AvgIpc) is 3.42. The number of guanidine groups is 1. The summed E-state index contributed by atoms with van der Waals surface area (Å²) in [5, 5.41) is 4.13. The van der Waals surface area contributed by atoms with E-state index >= 15 is 0 Å². The van der Waals surface area contributed by atoms with E-state index in [0.29, 0.717) is 19.1 Å². The number of nitrogens with two attached hydrogens (primary N) is 1. The lowest BCUT2D eigenvalue weighted by Crippen LogP contribution is -2.37. The minimum absolute atomic E-state index is 0.129. The van der Waals surface area contributed by atoms with Crippen molar-refractivity contribution in [3.8, 4) is 5.75 Å². The van der Waals surface area contributed by atoms with Gasteiger partial charge < -0.3 is 15.8 Å². The molecule has 1 saturated carbocycles. The monoisotopic (exact) mass is 355 g/mol. The first-order valence-corrected chi connectivity index (χ1v) is 9.08. The van der Waals surface area contributed by atoms with Crippen LogP contribution in [0.15, 0.2) is 53.5 Å². The van der Waals surface area contributed by atoms with E-state index in [1.807, 2.05) is 30.3 Å². The van der Waals surface area contributed by atoms with E-state index in [1.54, 1.807) is 0 Å². The molecule has 1 heterocycles. The molecule has 1 aliphatic carbocycles. The molecule has 0 spiro atoms. The second-order valence-electron chi connectivity index (χ2n) is 6.86. The molecule has 4 nitrogen and oxygen atoms in total. The maximum absolute atomic E-state index is 6.18. The Labute approximate surface area is 153 Å². The molecule has 0 saturated heterocycles. The SMILES string of the molecule is NC(=NCC1(c2ccc(Cl)cc2)CC1)NC1CCOc2ccccc21. The van der Waals surface area contributed by atoms with Crippen LogP contribution < -0.4 is 15.8 Å². The molecule has 0 amide bonds. The lowest BCUT2D eigenvalue weighted by molar-refractivity contribution is 0.262. The minimum Gasteiger partial charge on any atom is -0.493 e. The Bertz CT molecular complexity index is 784. The molecule has 3 N–H and O–H groups in total. The molecule has 1 atom stereocenters. The van der Waals surface area contributed by atoms with Crippen LogP contribution >= 0.6 is 11.6 Å². The number of halogens is 1. The van der Waals surface area contributed by atoms with Crippen LogP contribution in [-0.4, -0.2) is 19.1 Å². The van der Waals surface area contributed by atoms with Gasteiger partial charge in [0.1, 0.15) is 5.75 Å². The highest BCUT2D eigenvalue weighted by atomic mass is 35.5. The molecule has 2 aromatic carbocycles. The zero-order valence-corrected chi connectivity index (χ0v) is 14.8. The lowest BCUT2D eigenvalue weighted by atomic mass is 9.96. The summed E-state index contributed by atoms with van der Waals surface area (Å²) in [6.07, 6.45) is 3.17. The molecular formula is C20H22ClN3O. The summed E-state index contributed by atoms with van der Waals surface area (Å²) in [5.41, 5.74) is 8.75. The topological polar surface area (TPSA) is 59.6 Å². The van der Waals surface area contributed by atoms with Crippen LogP contribution in [0.4, 0.5) is 0 Å². The van der Waals surface area contributed by atoms with Gasteiger partial charge in [-0.3, -0.25) is 4.99 Å². The number of rotatable bonds is 4. The standard InChI is InChI=1S/C20H22ClN3O/c21-15-7-5-14(6-8-15)20(10-11-20)13-23-19(22)24-17-9-12-25-18-4-2-1-3-16(17)18/h1-8,17H,9-13H2,(H3,22,23,24). The van der Waals surface area contributed by atoms with E-state index in [9.17, 15) is 0 Å². The number of fused-ring (bicyclic) bond motifs is 1. The first-order chi connectivity index (χ1) is 12.2. The van der Waals surface area contributed by atoms with Crippen molar-refractivity contribution in [1.29, 1.82) is 0 Å². The number of para-hydroxylation sites is 1. The molecule has 0 bridgehead atoms. The van der Waals surface area contributed by atoms with E-state index in [2.05, 4.69) is 28.5 Å². The second-order valence-corrected chi connectivity index (χ2v) is 7.30. The maximum atomic E-state index is 6.18. The summed E-state index contributed by atoms with van der Waals surface area (Å²) in [4.78, 5) is 4.63. The Morgan fingerprint density at radius 1 is 1.20 bits per heavy atom. The molecule has 1 fully saturated rings. The third-order valence-corrected chi connectivity index (χ3v) is 5.39. The van der Waals surface area contributed by atoms with Crippen molar-refractivity contribution in [3.63, 3.8) is 0 Å². The van der Waals surface area contributed by atoms with Crippen molar-refractivity contribution < 1.29 is 4.74 Å². The predicted octanol–water partition coefficient (Wildman–Crippen LogP) is 3.80. The Kier molecular flexibility index (Phi) is 4.30. The normalized spacial score (nSPS) is 21.2. The van der Waals surface area contributed by atoms with Crippen molar-refractivity contribution in [2.75, 3.05) is 13.2 Å². The van der Waals surface area contributed by atoms with Crippen molar-refractivity contribution in [2.45, 2.75) is 30.7 Å². The van der Waals surface area contributed by atoms with Crippen LogP contribution in [0.1, 0.15) is 36.4 Å². The first-order valence-electron chi connectivity index (χ1n) is 8.71. The molecule has 2 aromatic rings. The lowest BCUT2D eigenvalue weighted by Gasteiger charge is -2.27. The van der Waals surface area contributed by atoms with E-state index < -0.39 is 0 Å². The highest BCUT2D eigenvalue weighted by Crippen LogP contribution is 2.48. The quantitative estimate of drug-likeness (QED) is 0.647. The number of nitrogens with one attached hydrogen (secondary N) is 1. The van der Waals surface area contributed by atoms with Crippen LogP contribution in [-0.2, 0) is 5.41 Å². The van der Waals surface area contributed by atoms with Gasteiger partial charge in [0, 0.05) is 22.4 Å². The van der Waals surface area contributed by atoms with Gasteiger partial charge in [-0.1, -0.05) is 41.9 Å². The largest absolute Gasteiger partial charge is 0.493 e. The van der Waals surface area contributed by atoms with Gasteiger partial charge in [0.25, 0.3) is 0 Å². The molecule has 4 rings (SSSR count). The number of hydrogen-bond acceptors (Lipinski definition) is 2. The third kappa shape index (κ3) is 3.45. The summed E-state index contributed by atoms with van der Waals surface area (Å²) in [5.74, 6) is 1.43. The van der Waals surface area contributed by atoms with Gasteiger partial charge in [-0.2, -0.15) is 0 Å². The van der Waals surface area contributed by atoms with Gasteiger partial charge >= 0.3 is 0 Å². The molecule has 25 heavy (non-hydrogen) atoms. The zero-order valence-electron chi connectivity index (χ0n) is 14.0. The molecule has 5 heteroatoms. The Morgan fingerprint density at radius 2 is 1.96 bits per heavy atom. The summed E-state index contributed by atoms with van der Waals surface area (Å²) in [7, 11) is 0. The minimum atomic E-state index is 0.129. The summed E-state index contributed by atoms with van der Waals surface area (Å²) < 4.78 is 5.70. The second kappa shape index (κ2) is 6.60. The van der Waals surface area contributed by atoms with Gasteiger partial charge in [-0.25, -0.2) is 0 Å². The smallest absolute Gasteiger partial charge is 0.189 e. The Hall–Kier alpha value is -2.20. The Morgan fingerprint density at radius 3 is 2.72 bits per heavy atom. The van der Waals surface area contributed by atoms with Crippen LogP contribution in [0.5, 0.6) is 5.75 Å². The number of benzene rings is 2. The highest BCUT2D eigenvalue weighted by molar-refractivity contribution is 6.30. The molecule has 2 aliphatic rings. The van der Waals surface area contributed by atoms with Crippen molar-refractivity contribution >= 4 is 17.6 Å². The van der Waals surface area contributed by atoms with E-state index in [1.165, 1.54) is 5.56 Å². The molecular weight excluding hydrogens is 334 g/mol. The van der Waals surface area contributed by atoms with Gasteiger partial charge in [0.15, 0.2) is 5.96 Å². The zero-order chi connectivity index (χ0) is 17.3. The van der Waals surface area contributed by atoms with Gasteiger partial charge in [-0.15, -0.1) is 0 Å². The number of nitrogens with zero attached hydrogens (tertiary/aromatic N) is 1. The fourth-order valence-corrected chi connectivity index (χ4v) is 3.57. The van der Waals surface area contributed by atoms with E-state index in [0.717, 1.165) is 35.6 Å². The number of aliphatic imine (C=N–C) groups is 1. The highest BCUT2D eigenvalue weighted by Gasteiger charge is 2.44. The number of hydrogen-bond donors (Lipinski definition) is 2. The van der Waals surface area contributed by atoms with Crippen LogP contribution in [0.2, 0.25) is 5.02 Å². The fourth-order valence-electron chi connectivity index (χ4n) is 3.45.